The Balaban J connectivity index is 1.44. The summed E-state index contributed by atoms with van der Waals surface area (Å²) in [5, 5.41) is 20.3. The lowest BCUT2D eigenvalue weighted by Crippen LogP contribution is -2.07. The molecule has 8 nitrogen and oxygen atoms in total. The van der Waals surface area contributed by atoms with Crippen molar-refractivity contribution in [3.05, 3.63) is 89.1 Å². The van der Waals surface area contributed by atoms with E-state index in [2.05, 4.69) is 17.1 Å². The number of carboxylic acids is 1. The van der Waals surface area contributed by atoms with Crippen molar-refractivity contribution in [1.82, 2.24) is 4.98 Å². The smallest absolute Gasteiger partial charge is 0.337 e. The minimum absolute atomic E-state index is 0.124. The molecule has 0 fully saturated rings. The third-order valence-corrected chi connectivity index (χ3v) is 7.65. The second kappa shape index (κ2) is 18.7. The highest BCUT2D eigenvalue weighted by Gasteiger charge is 2.13. The number of hydrogen-bond acceptors (Lipinski definition) is 8. The van der Waals surface area contributed by atoms with E-state index in [1.165, 1.54) is 49.8 Å². The SMILES string of the molecule is COC(=O)c1ccc(CC(O)Sc2ccc(OCCCCCCCCc3ccc(OC)cc3)c(C=CCC(=O)O)n2)cc1. The van der Waals surface area contributed by atoms with E-state index < -0.39 is 17.4 Å². The lowest BCUT2D eigenvalue weighted by Gasteiger charge is -2.13. The summed E-state index contributed by atoms with van der Waals surface area (Å²) in [5.74, 6) is 0.129. The highest BCUT2D eigenvalue weighted by atomic mass is 32.2. The number of pyridine rings is 1. The number of ether oxygens (including phenoxy) is 3. The van der Waals surface area contributed by atoms with Gasteiger partial charge in [0, 0.05) is 6.42 Å². The predicted molar refractivity (Wildman–Crippen MR) is 169 cm³/mol. The van der Waals surface area contributed by atoms with Crippen LogP contribution in [0.5, 0.6) is 11.5 Å². The molecular weight excluding hydrogens is 566 g/mol. The molecule has 3 rings (SSSR count). The molecule has 3 aromatic rings. The molecule has 43 heavy (non-hydrogen) atoms. The van der Waals surface area contributed by atoms with E-state index in [1.807, 2.05) is 18.2 Å². The number of nitrogens with zero attached hydrogens (tertiary/aromatic N) is 1. The van der Waals surface area contributed by atoms with Crippen molar-refractivity contribution in [2.75, 3.05) is 20.8 Å². The number of carbonyl (C=O) groups excluding carboxylic acids is 1. The van der Waals surface area contributed by atoms with Crippen LogP contribution in [0.15, 0.2) is 71.8 Å². The van der Waals surface area contributed by atoms with Gasteiger partial charge in [-0.1, -0.05) is 67.8 Å². The van der Waals surface area contributed by atoms with Crippen LogP contribution in [0.25, 0.3) is 6.08 Å². The fourth-order valence-electron chi connectivity index (χ4n) is 4.41. The maximum atomic E-state index is 11.6. The molecule has 1 heterocycles. The van der Waals surface area contributed by atoms with Gasteiger partial charge >= 0.3 is 11.9 Å². The van der Waals surface area contributed by atoms with E-state index in [9.17, 15) is 14.7 Å². The van der Waals surface area contributed by atoms with Gasteiger partial charge in [-0.15, -0.1) is 0 Å². The third kappa shape index (κ3) is 12.5. The number of carboxylic acid groups (broad SMARTS) is 1. The van der Waals surface area contributed by atoms with Crippen LogP contribution in [0.2, 0.25) is 0 Å². The number of rotatable bonds is 19. The Morgan fingerprint density at radius 1 is 0.884 bits per heavy atom. The summed E-state index contributed by atoms with van der Waals surface area (Å²) in [6, 6.07) is 18.8. The molecule has 0 aliphatic heterocycles. The second-order valence-electron chi connectivity index (χ2n) is 10.1. The standard InChI is InChI=1S/C34H41NO7S/c1-40-28-19-15-25(16-20-28)10-7-5-3-4-6-8-23-42-30-21-22-31(35-29(30)11-9-12-32(36)37)43-33(38)24-26-13-17-27(18-14-26)34(39)41-2/h9,11,13-22,33,38H,3-8,10,12,23-24H2,1-2H3,(H,36,37). The molecular formula is C34H41NO7S. The summed E-state index contributed by atoms with van der Waals surface area (Å²) >= 11 is 1.20. The van der Waals surface area contributed by atoms with E-state index in [0.717, 1.165) is 37.0 Å². The number of benzene rings is 2. The van der Waals surface area contributed by atoms with Gasteiger partial charge in [-0.2, -0.15) is 0 Å². The summed E-state index contributed by atoms with van der Waals surface area (Å²) in [7, 11) is 3.01. The first kappa shape index (κ1) is 33.7. The van der Waals surface area contributed by atoms with Gasteiger partial charge in [0.2, 0.25) is 0 Å². The first-order valence-corrected chi connectivity index (χ1v) is 15.4. The zero-order chi connectivity index (χ0) is 30.9. The first-order valence-electron chi connectivity index (χ1n) is 14.5. The third-order valence-electron chi connectivity index (χ3n) is 6.75. The molecule has 0 saturated carbocycles. The summed E-state index contributed by atoms with van der Waals surface area (Å²) < 4.78 is 15.9. The number of aromatic nitrogens is 1. The molecule has 0 bridgehead atoms. The summed E-state index contributed by atoms with van der Waals surface area (Å²) in [4.78, 5) is 27.2. The molecule has 0 amide bonds. The van der Waals surface area contributed by atoms with Gasteiger partial charge in [0.05, 0.1) is 37.8 Å². The summed E-state index contributed by atoms with van der Waals surface area (Å²) in [6.45, 7) is 0.546. The highest BCUT2D eigenvalue weighted by Crippen LogP contribution is 2.28. The number of aryl methyl sites for hydroxylation is 1. The molecule has 0 radical (unpaired) electrons. The molecule has 2 N–H and O–H groups in total. The van der Waals surface area contributed by atoms with Crippen LogP contribution in [0, 0.1) is 0 Å². The van der Waals surface area contributed by atoms with E-state index in [1.54, 1.807) is 43.5 Å². The Labute approximate surface area is 258 Å². The van der Waals surface area contributed by atoms with Crippen LogP contribution < -0.4 is 9.47 Å². The molecule has 230 valence electrons. The van der Waals surface area contributed by atoms with Gasteiger partial charge in [0.1, 0.15) is 22.6 Å². The lowest BCUT2D eigenvalue weighted by atomic mass is 10.0. The van der Waals surface area contributed by atoms with Crippen molar-refractivity contribution in [3.8, 4) is 11.5 Å². The zero-order valence-electron chi connectivity index (χ0n) is 24.9. The predicted octanol–water partition coefficient (Wildman–Crippen LogP) is 6.98. The fourth-order valence-corrected chi connectivity index (χ4v) is 5.26. The molecule has 9 heteroatoms. The second-order valence-corrected chi connectivity index (χ2v) is 11.3. The van der Waals surface area contributed by atoms with Crippen molar-refractivity contribution in [3.63, 3.8) is 0 Å². The normalized spacial score (nSPS) is 11.8. The Bertz CT molecular complexity index is 1310. The van der Waals surface area contributed by atoms with Crippen LogP contribution >= 0.6 is 11.8 Å². The number of methoxy groups -OCH3 is 2. The number of hydrogen-bond donors (Lipinski definition) is 2. The van der Waals surface area contributed by atoms with Crippen LogP contribution in [0.4, 0.5) is 0 Å². The summed E-state index contributed by atoms with van der Waals surface area (Å²) in [5.41, 5.74) is 2.41. The van der Waals surface area contributed by atoms with Crippen LogP contribution in [-0.2, 0) is 22.4 Å². The minimum Gasteiger partial charge on any atom is -0.497 e. The van der Waals surface area contributed by atoms with Crippen LogP contribution in [0.3, 0.4) is 0 Å². The van der Waals surface area contributed by atoms with Crippen molar-refractivity contribution < 1.29 is 34.0 Å². The molecule has 0 aliphatic rings. The Morgan fingerprint density at radius 2 is 1.56 bits per heavy atom. The van der Waals surface area contributed by atoms with Crippen LogP contribution in [0.1, 0.15) is 72.1 Å². The summed E-state index contributed by atoms with van der Waals surface area (Å²) in [6.07, 6.45) is 11.2. The van der Waals surface area contributed by atoms with Gasteiger partial charge in [0.15, 0.2) is 0 Å². The van der Waals surface area contributed by atoms with Crippen molar-refractivity contribution in [1.29, 1.82) is 0 Å². The lowest BCUT2D eigenvalue weighted by molar-refractivity contribution is -0.135. The fraction of sp³-hybridized carbons (Fsp3) is 0.382. The van der Waals surface area contributed by atoms with Gasteiger partial charge in [-0.25, -0.2) is 9.78 Å². The largest absolute Gasteiger partial charge is 0.497 e. The van der Waals surface area contributed by atoms with E-state index in [4.69, 9.17) is 19.3 Å². The monoisotopic (exact) mass is 607 g/mol. The molecule has 1 unspecified atom stereocenters. The van der Waals surface area contributed by atoms with Crippen LogP contribution in [-0.4, -0.2) is 53.4 Å². The maximum absolute atomic E-state index is 11.6. The quantitative estimate of drug-likeness (QED) is 0.0644. The minimum atomic E-state index is -0.929. The number of aliphatic carboxylic acids is 1. The number of carbonyl (C=O) groups is 2. The van der Waals surface area contributed by atoms with Gasteiger partial charge < -0.3 is 24.4 Å². The van der Waals surface area contributed by atoms with E-state index >= 15 is 0 Å². The molecule has 2 aromatic carbocycles. The Kier molecular flexibility index (Phi) is 14.6. The Morgan fingerprint density at radius 3 is 2.23 bits per heavy atom. The van der Waals surface area contributed by atoms with Gasteiger partial charge in [0.25, 0.3) is 0 Å². The maximum Gasteiger partial charge on any atom is 0.337 e. The van der Waals surface area contributed by atoms with E-state index in [-0.39, 0.29) is 6.42 Å². The van der Waals surface area contributed by atoms with Gasteiger partial charge in [-0.3, -0.25) is 4.79 Å². The average molecular weight is 608 g/mol. The van der Waals surface area contributed by atoms with E-state index in [0.29, 0.717) is 35.1 Å². The number of thioether (sulfide) groups is 1. The number of aliphatic hydroxyl groups is 1. The molecule has 0 aliphatic carbocycles. The van der Waals surface area contributed by atoms with Crippen molar-refractivity contribution in [2.24, 2.45) is 0 Å². The molecule has 1 atom stereocenters. The van der Waals surface area contributed by atoms with Crippen molar-refractivity contribution in [2.45, 2.75) is 68.2 Å². The average Bonchev–Trinajstić information content (AvgIpc) is 3.01. The zero-order valence-corrected chi connectivity index (χ0v) is 25.7. The molecule has 1 aromatic heterocycles. The molecule has 0 saturated heterocycles. The number of unbranched alkanes of at least 4 members (excludes halogenated alkanes) is 5. The molecule has 0 spiro atoms. The van der Waals surface area contributed by atoms with Gasteiger partial charge in [-0.05, 0) is 72.9 Å². The number of aliphatic hydroxyl groups excluding tert-OH is 1. The first-order chi connectivity index (χ1) is 20.9. The Hall–Kier alpha value is -3.82. The number of esters is 1. The topological polar surface area (TPSA) is 115 Å². The van der Waals surface area contributed by atoms with Crippen molar-refractivity contribution >= 4 is 29.8 Å². The highest BCUT2D eigenvalue weighted by molar-refractivity contribution is 7.99.